The number of amides is 1. The van der Waals surface area contributed by atoms with E-state index in [1.54, 1.807) is 4.90 Å². The molecule has 1 aliphatic rings. The number of hydrogen-bond acceptors (Lipinski definition) is 4. The van der Waals surface area contributed by atoms with Gasteiger partial charge in [-0.25, -0.2) is 8.42 Å². The van der Waals surface area contributed by atoms with Crippen LogP contribution in [0.15, 0.2) is 66.1 Å². The maximum absolute atomic E-state index is 13.4. The highest BCUT2D eigenvalue weighted by Crippen LogP contribution is 2.33. The first kappa shape index (κ1) is 25.8. The SMILES string of the molecule is C=CCN(c1cccc(C(F)(F)F)c1)S(=O)(=O)c1cccc(C(=O)N(CC)CC2CCOC2)c1. The predicted molar refractivity (Wildman–Crippen MR) is 123 cm³/mol. The average molecular weight is 497 g/mol. The van der Waals surface area contributed by atoms with Crippen molar-refractivity contribution >= 4 is 21.6 Å². The van der Waals surface area contributed by atoms with Gasteiger partial charge in [0.25, 0.3) is 15.9 Å². The van der Waals surface area contributed by atoms with Gasteiger partial charge in [0.05, 0.1) is 29.3 Å². The molecule has 1 amide bonds. The molecule has 2 aromatic rings. The van der Waals surface area contributed by atoms with Gasteiger partial charge in [-0.15, -0.1) is 6.58 Å². The first-order valence-corrected chi connectivity index (χ1v) is 12.3. The van der Waals surface area contributed by atoms with Crippen LogP contribution in [-0.2, 0) is 20.9 Å². The smallest absolute Gasteiger partial charge is 0.381 e. The molecular weight excluding hydrogens is 469 g/mol. The van der Waals surface area contributed by atoms with E-state index in [0.29, 0.717) is 26.3 Å². The third kappa shape index (κ3) is 5.79. The number of ether oxygens (including phenoxy) is 1. The summed E-state index contributed by atoms with van der Waals surface area (Å²) in [5, 5.41) is 0. The van der Waals surface area contributed by atoms with Crippen LogP contribution in [0.3, 0.4) is 0 Å². The largest absolute Gasteiger partial charge is 0.416 e. The number of benzene rings is 2. The molecule has 1 atom stereocenters. The Morgan fingerprint density at radius 3 is 2.56 bits per heavy atom. The third-order valence-corrected chi connectivity index (χ3v) is 7.39. The molecular formula is C24H27F3N2O4S. The predicted octanol–water partition coefficient (Wildman–Crippen LogP) is 4.59. The second-order valence-electron chi connectivity index (χ2n) is 7.97. The monoisotopic (exact) mass is 496 g/mol. The zero-order chi connectivity index (χ0) is 24.9. The molecule has 184 valence electrons. The van der Waals surface area contributed by atoms with E-state index in [9.17, 15) is 26.4 Å². The van der Waals surface area contributed by atoms with E-state index >= 15 is 0 Å². The number of sulfonamides is 1. The molecule has 1 fully saturated rings. The summed E-state index contributed by atoms with van der Waals surface area (Å²) < 4.78 is 72.7. The van der Waals surface area contributed by atoms with E-state index < -0.39 is 21.8 Å². The average Bonchev–Trinajstić information content (AvgIpc) is 3.33. The standard InChI is InChI=1S/C24H27F3N2O4S/c1-3-12-29(21-9-6-8-20(15-21)24(25,26)27)34(31,32)22-10-5-7-19(14-22)23(30)28(4-2)16-18-11-13-33-17-18/h3,5-10,14-15,18H,1,4,11-13,16-17H2,2H3. The van der Waals surface area contributed by atoms with Crippen LogP contribution >= 0.6 is 0 Å². The molecule has 0 spiro atoms. The second kappa shape index (κ2) is 10.6. The Labute approximate surface area is 197 Å². The summed E-state index contributed by atoms with van der Waals surface area (Å²) in [6.45, 7) is 7.30. The van der Waals surface area contributed by atoms with Gasteiger partial charge in [0.15, 0.2) is 0 Å². The van der Waals surface area contributed by atoms with Crippen LogP contribution in [0.4, 0.5) is 18.9 Å². The van der Waals surface area contributed by atoms with Crippen molar-refractivity contribution in [2.75, 3.05) is 37.2 Å². The van der Waals surface area contributed by atoms with Gasteiger partial charge in [-0.3, -0.25) is 9.10 Å². The van der Waals surface area contributed by atoms with Crippen molar-refractivity contribution in [2.45, 2.75) is 24.4 Å². The number of alkyl halides is 3. The van der Waals surface area contributed by atoms with Crippen LogP contribution in [0.5, 0.6) is 0 Å². The molecule has 6 nitrogen and oxygen atoms in total. The molecule has 0 radical (unpaired) electrons. The molecule has 1 unspecified atom stereocenters. The minimum Gasteiger partial charge on any atom is -0.381 e. The minimum atomic E-state index is -4.63. The fourth-order valence-electron chi connectivity index (χ4n) is 3.79. The first-order chi connectivity index (χ1) is 16.1. The molecule has 1 saturated heterocycles. The van der Waals surface area contributed by atoms with Crippen molar-refractivity contribution in [1.82, 2.24) is 4.90 Å². The van der Waals surface area contributed by atoms with Crippen LogP contribution in [0.25, 0.3) is 0 Å². The number of rotatable bonds is 9. The Kier molecular flexibility index (Phi) is 8.04. The molecule has 0 N–H and O–H groups in total. The zero-order valence-electron chi connectivity index (χ0n) is 18.8. The lowest BCUT2D eigenvalue weighted by molar-refractivity contribution is -0.137. The Morgan fingerprint density at radius 1 is 1.21 bits per heavy atom. The fraction of sp³-hybridized carbons (Fsp3) is 0.375. The fourth-order valence-corrected chi connectivity index (χ4v) is 5.26. The van der Waals surface area contributed by atoms with Crippen molar-refractivity contribution in [3.05, 3.63) is 72.3 Å². The molecule has 0 aliphatic carbocycles. The lowest BCUT2D eigenvalue weighted by Crippen LogP contribution is -2.36. The topological polar surface area (TPSA) is 66.9 Å². The maximum Gasteiger partial charge on any atom is 0.416 e. The van der Waals surface area contributed by atoms with Gasteiger partial charge < -0.3 is 9.64 Å². The van der Waals surface area contributed by atoms with Gasteiger partial charge >= 0.3 is 6.18 Å². The molecule has 3 rings (SSSR count). The number of hydrogen-bond donors (Lipinski definition) is 0. The normalized spacial score (nSPS) is 16.3. The van der Waals surface area contributed by atoms with Crippen LogP contribution < -0.4 is 4.31 Å². The molecule has 0 aromatic heterocycles. The van der Waals surface area contributed by atoms with E-state index in [1.165, 1.54) is 36.4 Å². The Morgan fingerprint density at radius 2 is 1.94 bits per heavy atom. The number of carbonyl (C=O) groups is 1. The zero-order valence-corrected chi connectivity index (χ0v) is 19.6. The highest BCUT2D eigenvalue weighted by Gasteiger charge is 2.32. The van der Waals surface area contributed by atoms with Crippen molar-refractivity contribution in [2.24, 2.45) is 5.92 Å². The first-order valence-electron chi connectivity index (χ1n) is 10.9. The van der Waals surface area contributed by atoms with E-state index in [4.69, 9.17) is 4.74 Å². The van der Waals surface area contributed by atoms with Gasteiger partial charge in [0.1, 0.15) is 0 Å². The summed E-state index contributed by atoms with van der Waals surface area (Å²) in [7, 11) is -4.29. The molecule has 0 bridgehead atoms. The Balaban J connectivity index is 1.93. The molecule has 1 aliphatic heterocycles. The molecule has 34 heavy (non-hydrogen) atoms. The summed E-state index contributed by atoms with van der Waals surface area (Å²) in [5.41, 5.74) is -0.931. The van der Waals surface area contributed by atoms with Gasteiger partial charge in [0.2, 0.25) is 0 Å². The van der Waals surface area contributed by atoms with Crippen molar-refractivity contribution in [3.63, 3.8) is 0 Å². The van der Waals surface area contributed by atoms with Crippen molar-refractivity contribution in [1.29, 1.82) is 0 Å². The second-order valence-corrected chi connectivity index (χ2v) is 9.84. The molecule has 2 aromatic carbocycles. The van der Waals surface area contributed by atoms with E-state index in [-0.39, 0.29) is 34.5 Å². The summed E-state index contributed by atoms with van der Waals surface area (Å²) in [6, 6.07) is 9.63. The van der Waals surface area contributed by atoms with E-state index in [0.717, 1.165) is 28.9 Å². The quantitative estimate of drug-likeness (QED) is 0.477. The maximum atomic E-state index is 13.4. The van der Waals surface area contributed by atoms with E-state index in [1.807, 2.05) is 6.92 Å². The Bertz CT molecular complexity index is 1130. The highest BCUT2D eigenvalue weighted by atomic mass is 32.2. The van der Waals surface area contributed by atoms with Gasteiger partial charge in [-0.05, 0) is 49.7 Å². The third-order valence-electron chi connectivity index (χ3n) is 5.60. The van der Waals surface area contributed by atoms with E-state index in [2.05, 4.69) is 6.58 Å². The highest BCUT2D eigenvalue weighted by molar-refractivity contribution is 7.92. The minimum absolute atomic E-state index is 0.150. The van der Waals surface area contributed by atoms with Crippen molar-refractivity contribution in [3.8, 4) is 0 Å². The number of anilines is 1. The summed E-state index contributed by atoms with van der Waals surface area (Å²) in [5.74, 6) is -0.0967. The Hall–Kier alpha value is -2.85. The van der Waals surface area contributed by atoms with Crippen LogP contribution in [0, 0.1) is 5.92 Å². The van der Waals surface area contributed by atoms with Crippen LogP contribution in [0.1, 0.15) is 29.3 Å². The molecule has 1 heterocycles. The molecule has 0 saturated carbocycles. The van der Waals surface area contributed by atoms with Gasteiger partial charge in [-0.2, -0.15) is 13.2 Å². The molecule has 10 heteroatoms. The summed E-state index contributed by atoms with van der Waals surface area (Å²) >= 11 is 0. The summed E-state index contributed by atoms with van der Waals surface area (Å²) in [6.07, 6.45) is -2.49. The van der Waals surface area contributed by atoms with Crippen LogP contribution in [-0.4, -0.2) is 52.1 Å². The van der Waals surface area contributed by atoms with Crippen molar-refractivity contribution < 1.29 is 31.1 Å². The van der Waals surface area contributed by atoms with Gasteiger partial charge in [-0.1, -0.05) is 18.2 Å². The van der Waals surface area contributed by atoms with Crippen LogP contribution in [0.2, 0.25) is 0 Å². The lowest BCUT2D eigenvalue weighted by atomic mass is 10.1. The summed E-state index contributed by atoms with van der Waals surface area (Å²) in [4.78, 5) is 14.5. The number of carbonyl (C=O) groups excluding carboxylic acids is 1. The lowest BCUT2D eigenvalue weighted by Gasteiger charge is -2.25. The number of nitrogens with zero attached hydrogens (tertiary/aromatic N) is 2. The number of halogens is 3. The van der Waals surface area contributed by atoms with Gasteiger partial charge in [0, 0.05) is 31.2 Å².